The van der Waals surface area contributed by atoms with Crippen LogP contribution in [0.2, 0.25) is 0 Å². The number of benzene rings is 3. The summed E-state index contributed by atoms with van der Waals surface area (Å²) in [6.45, 7) is 2.07. The zero-order chi connectivity index (χ0) is 26.6. The van der Waals surface area contributed by atoms with Crippen LogP contribution < -0.4 is 11.1 Å². The van der Waals surface area contributed by atoms with Gasteiger partial charge >= 0.3 is 6.18 Å². The Morgan fingerprint density at radius 3 is 2.43 bits per heavy atom. The van der Waals surface area contributed by atoms with Crippen LogP contribution in [0.4, 0.5) is 18.9 Å². The SMILES string of the molecule is CCCCc1cc(C(=O)Nc2ccc(-c3ccccc3C(F)(F)F)cc2)n(-c2cccc(C(=N)N)c2)n1. The topological polar surface area (TPSA) is 96.8 Å². The van der Waals surface area contributed by atoms with Crippen molar-refractivity contribution in [3.8, 4) is 16.8 Å². The Bertz CT molecular complexity index is 1420. The quantitative estimate of drug-likeness (QED) is 0.190. The molecule has 4 rings (SSSR count). The summed E-state index contributed by atoms with van der Waals surface area (Å²) in [6.07, 6.45) is -1.90. The lowest BCUT2D eigenvalue weighted by molar-refractivity contribution is -0.137. The van der Waals surface area contributed by atoms with Crippen LogP contribution in [0.1, 0.15) is 47.1 Å². The molecule has 3 aromatic carbocycles. The fraction of sp³-hybridized carbons (Fsp3) is 0.179. The van der Waals surface area contributed by atoms with Gasteiger partial charge in [0.25, 0.3) is 5.91 Å². The molecule has 4 N–H and O–H groups in total. The lowest BCUT2D eigenvalue weighted by Gasteiger charge is -2.13. The van der Waals surface area contributed by atoms with E-state index in [-0.39, 0.29) is 11.4 Å². The molecule has 0 aliphatic carbocycles. The van der Waals surface area contributed by atoms with Crippen molar-refractivity contribution in [2.75, 3.05) is 5.32 Å². The Hall–Kier alpha value is -4.40. The molecule has 0 atom stereocenters. The smallest absolute Gasteiger partial charge is 0.384 e. The standard InChI is InChI=1S/C28H26F3N5O/c1-2-3-8-21-17-25(36(35-21)22-9-6-7-19(16-22)26(32)33)27(37)34-20-14-12-18(13-15-20)23-10-4-5-11-24(23)28(29,30)31/h4-7,9-17H,2-3,8H2,1H3,(H3,32,33)(H,34,37). The average Bonchev–Trinajstić information content (AvgIpc) is 3.32. The first-order valence-electron chi connectivity index (χ1n) is 11.8. The molecular formula is C28H26F3N5O. The predicted molar refractivity (Wildman–Crippen MR) is 138 cm³/mol. The number of unbranched alkanes of at least 4 members (excludes halogenated alkanes) is 1. The zero-order valence-corrected chi connectivity index (χ0v) is 20.1. The second-order valence-electron chi connectivity index (χ2n) is 8.58. The van der Waals surface area contributed by atoms with E-state index >= 15 is 0 Å². The van der Waals surface area contributed by atoms with E-state index in [1.54, 1.807) is 60.7 Å². The average molecular weight is 506 g/mol. The highest BCUT2D eigenvalue weighted by molar-refractivity contribution is 6.03. The number of nitrogen functional groups attached to an aromatic ring is 1. The third-order valence-corrected chi connectivity index (χ3v) is 5.87. The van der Waals surface area contributed by atoms with E-state index in [0.29, 0.717) is 34.6 Å². The van der Waals surface area contributed by atoms with Gasteiger partial charge < -0.3 is 11.1 Å². The minimum Gasteiger partial charge on any atom is -0.384 e. The van der Waals surface area contributed by atoms with Crippen LogP contribution in [0.5, 0.6) is 0 Å². The van der Waals surface area contributed by atoms with Crippen molar-refractivity contribution in [2.45, 2.75) is 32.4 Å². The third-order valence-electron chi connectivity index (χ3n) is 5.87. The highest BCUT2D eigenvalue weighted by atomic mass is 19.4. The molecule has 190 valence electrons. The fourth-order valence-electron chi connectivity index (χ4n) is 3.98. The van der Waals surface area contributed by atoms with Gasteiger partial charge in [-0.05, 0) is 60.4 Å². The lowest BCUT2D eigenvalue weighted by Crippen LogP contribution is -2.17. The first-order chi connectivity index (χ1) is 17.7. The minimum absolute atomic E-state index is 0.0665. The number of nitrogens with zero attached hydrogens (tertiary/aromatic N) is 2. The maximum Gasteiger partial charge on any atom is 0.417 e. The van der Waals surface area contributed by atoms with Gasteiger partial charge in [0.2, 0.25) is 0 Å². The van der Waals surface area contributed by atoms with Crippen molar-refractivity contribution in [1.82, 2.24) is 9.78 Å². The molecule has 0 saturated heterocycles. The number of carbonyl (C=O) groups is 1. The number of alkyl halides is 3. The molecule has 1 amide bonds. The van der Waals surface area contributed by atoms with Crippen LogP contribution in [-0.4, -0.2) is 21.5 Å². The Kier molecular flexibility index (Phi) is 7.42. The van der Waals surface area contributed by atoms with Gasteiger partial charge in [0.1, 0.15) is 11.5 Å². The van der Waals surface area contributed by atoms with Gasteiger partial charge in [-0.15, -0.1) is 0 Å². The van der Waals surface area contributed by atoms with Crippen molar-refractivity contribution < 1.29 is 18.0 Å². The van der Waals surface area contributed by atoms with Crippen LogP contribution in [-0.2, 0) is 12.6 Å². The summed E-state index contributed by atoms with van der Waals surface area (Å²) < 4.78 is 41.8. The molecule has 0 aliphatic heterocycles. The van der Waals surface area contributed by atoms with Gasteiger partial charge in [-0.1, -0.05) is 55.8 Å². The number of hydrogen-bond donors (Lipinski definition) is 3. The van der Waals surface area contributed by atoms with Crippen molar-refractivity contribution >= 4 is 17.4 Å². The Labute approximate surface area is 212 Å². The van der Waals surface area contributed by atoms with Crippen LogP contribution in [0.15, 0.2) is 78.9 Å². The van der Waals surface area contributed by atoms with Crippen LogP contribution in [0.25, 0.3) is 16.8 Å². The lowest BCUT2D eigenvalue weighted by atomic mass is 9.99. The number of carbonyl (C=O) groups excluding carboxylic acids is 1. The van der Waals surface area contributed by atoms with E-state index in [0.717, 1.165) is 24.6 Å². The predicted octanol–water partition coefficient (Wildman–Crippen LogP) is 6.44. The van der Waals surface area contributed by atoms with Crippen LogP contribution in [0, 0.1) is 5.41 Å². The van der Waals surface area contributed by atoms with Gasteiger partial charge in [-0.3, -0.25) is 10.2 Å². The molecule has 9 heteroatoms. The maximum atomic E-state index is 13.4. The number of aryl methyl sites for hydroxylation is 1. The summed E-state index contributed by atoms with van der Waals surface area (Å²) in [4.78, 5) is 13.3. The molecule has 6 nitrogen and oxygen atoms in total. The van der Waals surface area contributed by atoms with Gasteiger partial charge in [-0.2, -0.15) is 18.3 Å². The third kappa shape index (κ3) is 5.88. The maximum absolute atomic E-state index is 13.4. The van der Waals surface area contributed by atoms with E-state index in [4.69, 9.17) is 11.1 Å². The van der Waals surface area contributed by atoms with Crippen molar-refractivity contribution in [1.29, 1.82) is 5.41 Å². The molecule has 4 aromatic rings. The second-order valence-corrected chi connectivity index (χ2v) is 8.58. The zero-order valence-electron chi connectivity index (χ0n) is 20.1. The summed E-state index contributed by atoms with van der Waals surface area (Å²) in [5.41, 5.74) is 7.92. The van der Waals surface area contributed by atoms with Gasteiger partial charge in [0.05, 0.1) is 16.9 Å². The van der Waals surface area contributed by atoms with Crippen LogP contribution in [0.3, 0.4) is 0 Å². The second kappa shape index (κ2) is 10.7. The molecular weight excluding hydrogens is 479 g/mol. The first-order valence-corrected chi connectivity index (χ1v) is 11.8. The van der Waals surface area contributed by atoms with Crippen molar-refractivity contribution in [2.24, 2.45) is 5.73 Å². The minimum atomic E-state index is -4.48. The normalized spacial score (nSPS) is 11.4. The van der Waals surface area contributed by atoms with E-state index in [2.05, 4.69) is 17.3 Å². The number of rotatable bonds is 8. The highest BCUT2D eigenvalue weighted by Gasteiger charge is 2.33. The van der Waals surface area contributed by atoms with Gasteiger partial charge in [0, 0.05) is 11.3 Å². The first kappa shape index (κ1) is 25.7. The molecule has 1 heterocycles. The van der Waals surface area contributed by atoms with Gasteiger partial charge in [-0.25, -0.2) is 4.68 Å². The number of nitrogens with one attached hydrogen (secondary N) is 2. The summed E-state index contributed by atoms with van der Waals surface area (Å²) in [5, 5.41) is 15.1. The Balaban J connectivity index is 1.62. The van der Waals surface area contributed by atoms with E-state index in [1.165, 1.54) is 16.8 Å². The molecule has 0 aliphatic rings. The molecule has 0 fully saturated rings. The summed E-state index contributed by atoms with van der Waals surface area (Å²) >= 11 is 0. The largest absolute Gasteiger partial charge is 0.417 e. The molecule has 1 aromatic heterocycles. The van der Waals surface area contributed by atoms with Crippen molar-refractivity contribution in [3.05, 3.63) is 101 Å². The van der Waals surface area contributed by atoms with Crippen LogP contribution >= 0.6 is 0 Å². The summed E-state index contributed by atoms with van der Waals surface area (Å²) in [5.74, 6) is -0.523. The van der Waals surface area contributed by atoms with E-state index in [1.807, 2.05) is 0 Å². The number of amidine groups is 1. The number of aromatic nitrogens is 2. The Morgan fingerprint density at radius 2 is 1.76 bits per heavy atom. The fourth-order valence-corrected chi connectivity index (χ4v) is 3.98. The molecule has 37 heavy (non-hydrogen) atoms. The number of anilines is 1. The summed E-state index contributed by atoms with van der Waals surface area (Å²) in [6, 6.07) is 20.2. The number of halogens is 3. The monoisotopic (exact) mass is 505 g/mol. The van der Waals surface area contributed by atoms with Crippen molar-refractivity contribution in [3.63, 3.8) is 0 Å². The molecule has 0 spiro atoms. The van der Waals surface area contributed by atoms with E-state index in [9.17, 15) is 18.0 Å². The molecule has 0 saturated carbocycles. The van der Waals surface area contributed by atoms with Gasteiger partial charge in [0.15, 0.2) is 0 Å². The molecule has 0 bridgehead atoms. The highest BCUT2D eigenvalue weighted by Crippen LogP contribution is 2.37. The number of amides is 1. The van der Waals surface area contributed by atoms with E-state index < -0.39 is 17.6 Å². The molecule has 0 radical (unpaired) electrons. The molecule has 0 unspecified atom stereocenters. The number of hydrogen-bond acceptors (Lipinski definition) is 3. The summed E-state index contributed by atoms with van der Waals surface area (Å²) in [7, 11) is 0. The Morgan fingerprint density at radius 1 is 1.03 bits per heavy atom. The number of nitrogens with two attached hydrogens (primary N) is 1.